The molecule has 0 saturated carbocycles. The van der Waals surface area contributed by atoms with Gasteiger partial charge in [0.2, 0.25) is 12.5 Å². The van der Waals surface area contributed by atoms with Crippen LogP contribution >= 0.6 is 0 Å². The minimum Gasteiger partial charge on any atom is -0.296 e. The number of hydrogen-bond donors (Lipinski definition) is 0. The molecule has 0 bridgehead atoms. The Morgan fingerprint density at radius 2 is 1.26 bits per heavy atom. The molecule has 6 aromatic carbocycles. The monoisotopic (exact) mass is 590 g/mol. The van der Waals surface area contributed by atoms with Crippen LogP contribution in [0.2, 0.25) is 0 Å². The highest BCUT2D eigenvalue weighted by molar-refractivity contribution is 6.99. The molecule has 0 amide bonds. The number of aromatic nitrogens is 4. The second-order valence-electron chi connectivity index (χ2n) is 12.9. The van der Waals surface area contributed by atoms with Gasteiger partial charge in [-0.1, -0.05) is 96.5 Å². The van der Waals surface area contributed by atoms with Crippen LogP contribution in [0.15, 0.2) is 115 Å². The fraction of sp³-hybridized carbons (Fsp3) is 0.0976. The van der Waals surface area contributed by atoms with Gasteiger partial charge < -0.3 is 0 Å². The lowest BCUT2D eigenvalue weighted by molar-refractivity contribution is 0.964. The van der Waals surface area contributed by atoms with Gasteiger partial charge in [-0.25, -0.2) is 4.98 Å². The normalized spacial score (nSPS) is 12.7. The molecule has 0 fully saturated rings. The summed E-state index contributed by atoms with van der Waals surface area (Å²) in [7, 11) is 0. The summed E-state index contributed by atoms with van der Waals surface area (Å²) in [4.78, 5) is 5.61. The molecule has 0 saturated heterocycles. The molecule has 0 aliphatic carbocycles. The summed E-state index contributed by atoms with van der Waals surface area (Å²) in [5, 5.41) is 3.78. The molecule has 10 rings (SSSR count). The highest BCUT2D eigenvalue weighted by atomic mass is 15.3. The van der Waals surface area contributed by atoms with Gasteiger partial charge in [0, 0.05) is 11.1 Å². The third-order valence-corrected chi connectivity index (χ3v) is 10.8. The summed E-state index contributed by atoms with van der Waals surface area (Å²) in [5.74, 6) is 2.11. The Morgan fingerprint density at radius 3 is 2.07 bits per heavy atom. The molecule has 0 radical (unpaired) electrons. The third-order valence-electron chi connectivity index (χ3n) is 10.8. The number of para-hydroxylation sites is 2. The predicted molar refractivity (Wildman–Crippen MR) is 194 cm³/mol. The van der Waals surface area contributed by atoms with Crippen molar-refractivity contribution >= 4 is 72.6 Å². The van der Waals surface area contributed by atoms with Crippen molar-refractivity contribution in [2.75, 3.05) is 0 Å². The van der Waals surface area contributed by atoms with Gasteiger partial charge in [0.1, 0.15) is 5.82 Å². The van der Waals surface area contributed by atoms with Crippen molar-refractivity contribution in [2.45, 2.75) is 27.7 Å². The second kappa shape index (κ2) is 9.01. The molecule has 1 aliphatic rings. The van der Waals surface area contributed by atoms with E-state index in [4.69, 9.17) is 4.98 Å². The standard InChI is InChI=1S/C41H31BN4/c1-24-25(2)27(4)38-37(26(24)3)43-41-45(38)34-21-13-14-28-22-23-32-39(35(28)34)46(41)40-36(42(32)29-15-7-5-8-16-29)31-19-11-12-20-33(31)44(40)30-17-9-6-10-18-30/h5-23H,1-4H3. The summed E-state index contributed by atoms with van der Waals surface area (Å²) in [6, 6.07) is 42.2. The van der Waals surface area contributed by atoms with Crippen molar-refractivity contribution in [3.63, 3.8) is 0 Å². The minimum atomic E-state index is 0.0543. The number of nitrogens with zero attached hydrogens (tertiary/aromatic N) is 4. The Bertz CT molecular complexity index is 2730. The number of imidazole rings is 1. The van der Waals surface area contributed by atoms with Gasteiger partial charge in [0.15, 0.2) is 0 Å². The number of aryl methyl sites for hydroxylation is 2. The minimum absolute atomic E-state index is 0.0543. The summed E-state index contributed by atoms with van der Waals surface area (Å²) < 4.78 is 7.41. The zero-order chi connectivity index (χ0) is 30.8. The molecule has 3 aromatic heterocycles. The molecular formula is C41H31BN4. The van der Waals surface area contributed by atoms with Gasteiger partial charge >= 0.3 is 0 Å². The van der Waals surface area contributed by atoms with E-state index < -0.39 is 0 Å². The fourth-order valence-corrected chi connectivity index (χ4v) is 8.37. The maximum Gasteiger partial charge on any atom is 0.249 e. The van der Waals surface area contributed by atoms with Gasteiger partial charge in [-0.3, -0.25) is 13.5 Å². The van der Waals surface area contributed by atoms with E-state index >= 15 is 0 Å². The van der Waals surface area contributed by atoms with Crippen LogP contribution in [0.3, 0.4) is 0 Å². The molecule has 0 N–H and O–H groups in total. The van der Waals surface area contributed by atoms with Gasteiger partial charge in [0.25, 0.3) is 0 Å². The van der Waals surface area contributed by atoms with E-state index in [1.165, 1.54) is 76.9 Å². The molecule has 0 unspecified atom stereocenters. The van der Waals surface area contributed by atoms with Gasteiger partial charge in [-0.05, 0) is 95.9 Å². The van der Waals surface area contributed by atoms with Gasteiger partial charge in [-0.15, -0.1) is 0 Å². The Morgan fingerprint density at radius 1 is 0.565 bits per heavy atom. The lowest BCUT2D eigenvalue weighted by Crippen LogP contribution is -2.56. The second-order valence-corrected chi connectivity index (χ2v) is 12.9. The zero-order valence-electron chi connectivity index (χ0n) is 26.3. The van der Waals surface area contributed by atoms with E-state index in [0.717, 1.165) is 22.8 Å². The van der Waals surface area contributed by atoms with Crippen molar-refractivity contribution in [2.24, 2.45) is 0 Å². The van der Waals surface area contributed by atoms with Crippen molar-refractivity contribution in [3.05, 3.63) is 138 Å². The fourth-order valence-electron chi connectivity index (χ4n) is 8.37. The van der Waals surface area contributed by atoms with Gasteiger partial charge in [0.05, 0.1) is 27.6 Å². The first-order valence-electron chi connectivity index (χ1n) is 16.1. The smallest absolute Gasteiger partial charge is 0.249 e. The highest BCUT2D eigenvalue weighted by Gasteiger charge is 2.39. The van der Waals surface area contributed by atoms with Crippen LogP contribution in [-0.4, -0.2) is 25.2 Å². The first-order valence-corrected chi connectivity index (χ1v) is 16.1. The van der Waals surface area contributed by atoms with Crippen molar-refractivity contribution in [1.29, 1.82) is 0 Å². The predicted octanol–water partition coefficient (Wildman–Crippen LogP) is 7.59. The van der Waals surface area contributed by atoms with Crippen molar-refractivity contribution in [1.82, 2.24) is 18.5 Å². The molecule has 46 heavy (non-hydrogen) atoms. The van der Waals surface area contributed by atoms with Crippen molar-refractivity contribution < 1.29 is 0 Å². The molecule has 9 aromatic rings. The Kier molecular flexibility index (Phi) is 5.05. The summed E-state index contributed by atoms with van der Waals surface area (Å²) >= 11 is 0. The largest absolute Gasteiger partial charge is 0.296 e. The number of rotatable bonds is 2. The van der Waals surface area contributed by atoms with Crippen LogP contribution in [-0.2, 0) is 0 Å². The average molecular weight is 591 g/mol. The molecule has 0 atom stereocenters. The summed E-state index contributed by atoms with van der Waals surface area (Å²) in [6.07, 6.45) is 0. The SMILES string of the molecule is Cc1c(C)c(C)c2c(nc3n4c5c(ccc6cccc(c65)n23)B(c2ccccc2)c2c-4n(-c3ccccc3)c3ccccc23)c1C. The first kappa shape index (κ1) is 25.7. The van der Waals surface area contributed by atoms with Crippen LogP contribution in [0.5, 0.6) is 0 Å². The number of hydrogen-bond acceptors (Lipinski definition) is 1. The molecular weight excluding hydrogens is 559 g/mol. The topological polar surface area (TPSA) is 27.2 Å². The van der Waals surface area contributed by atoms with Crippen molar-refractivity contribution in [3.8, 4) is 11.5 Å². The lowest BCUT2D eigenvalue weighted by atomic mass is 9.35. The zero-order valence-corrected chi connectivity index (χ0v) is 26.3. The first-order chi connectivity index (χ1) is 22.5. The maximum absolute atomic E-state index is 5.61. The summed E-state index contributed by atoms with van der Waals surface area (Å²) in [5.41, 5.74) is 16.2. The number of fused-ring (bicyclic) bond motifs is 9. The molecule has 218 valence electrons. The lowest BCUT2D eigenvalue weighted by Gasteiger charge is -2.30. The maximum atomic E-state index is 5.61. The van der Waals surface area contributed by atoms with E-state index in [-0.39, 0.29) is 6.71 Å². The van der Waals surface area contributed by atoms with E-state index in [0.29, 0.717) is 0 Å². The molecule has 4 heterocycles. The average Bonchev–Trinajstić information content (AvgIpc) is 3.67. The van der Waals surface area contributed by atoms with Gasteiger partial charge in [-0.2, -0.15) is 0 Å². The van der Waals surface area contributed by atoms with E-state index in [2.05, 4.69) is 156 Å². The third kappa shape index (κ3) is 3.07. The van der Waals surface area contributed by atoms with Crippen LogP contribution < -0.4 is 16.4 Å². The Labute approximate surface area is 267 Å². The molecule has 4 nitrogen and oxygen atoms in total. The Hall–Kier alpha value is -5.55. The van der Waals surface area contributed by atoms with Crippen LogP contribution in [0, 0.1) is 27.7 Å². The van der Waals surface area contributed by atoms with E-state index in [1.807, 2.05) is 0 Å². The van der Waals surface area contributed by atoms with Crippen LogP contribution in [0.1, 0.15) is 22.3 Å². The van der Waals surface area contributed by atoms with E-state index in [9.17, 15) is 0 Å². The molecule has 5 heteroatoms. The number of benzene rings is 6. The Balaban J connectivity index is 1.55. The van der Waals surface area contributed by atoms with Crippen LogP contribution in [0.4, 0.5) is 0 Å². The van der Waals surface area contributed by atoms with E-state index in [1.54, 1.807) is 0 Å². The quantitative estimate of drug-likeness (QED) is 0.191. The molecule has 1 aliphatic heterocycles. The molecule has 0 spiro atoms. The van der Waals surface area contributed by atoms with Crippen LogP contribution in [0.25, 0.3) is 61.0 Å². The highest BCUT2D eigenvalue weighted by Crippen LogP contribution is 2.39. The summed E-state index contributed by atoms with van der Waals surface area (Å²) in [6.45, 7) is 9.04.